The lowest BCUT2D eigenvalue weighted by Gasteiger charge is -2.32. The van der Waals surface area contributed by atoms with E-state index < -0.39 is 0 Å². The number of carbonyl (C=O) groups is 1. The van der Waals surface area contributed by atoms with Crippen LogP contribution >= 0.6 is 0 Å². The van der Waals surface area contributed by atoms with E-state index in [9.17, 15) is 4.79 Å². The fraction of sp³-hybridized carbons (Fsp3) is 0.923. The molecule has 0 radical (unpaired) electrons. The van der Waals surface area contributed by atoms with Crippen molar-refractivity contribution in [3.05, 3.63) is 0 Å². The predicted molar refractivity (Wildman–Crippen MR) is 67.0 cm³/mol. The second-order valence-corrected chi connectivity index (χ2v) is 6.21. The van der Waals surface area contributed by atoms with E-state index in [0.717, 1.165) is 19.3 Å². The molecule has 3 heteroatoms. The van der Waals surface area contributed by atoms with Gasteiger partial charge in [-0.05, 0) is 46.0 Å². The Labute approximate surface area is 99.2 Å². The summed E-state index contributed by atoms with van der Waals surface area (Å²) in [7, 11) is 0. The predicted octanol–water partition coefficient (Wildman–Crippen LogP) is 2.05. The highest BCUT2D eigenvalue weighted by atomic mass is 16.2. The molecule has 3 atom stereocenters. The smallest absolute Gasteiger partial charge is 0.223 e. The van der Waals surface area contributed by atoms with Crippen LogP contribution in [0.1, 0.15) is 53.4 Å². The molecule has 1 saturated carbocycles. The minimum absolute atomic E-state index is 0.0885. The average Bonchev–Trinajstić information content (AvgIpc) is 2.14. The van der Waals surface area contributed by atoms with Crippen LogP contribution in [0.25, 0.3) is 0 Å². The van der Waals surface area contributed by atoms with Gasteiger partial charge in [0.05, 0.1) is 0 Å². The van der Waals surface area contributed by atoms with Crippen molar-refractivity contribution < 1.29 is 4.79 Å². The molecule has 0 aromatic carbocycles. The number of nitrogens with one attached hydrogen (secondary N) is 1. The molecule has 1 rings (SSSR count). The van der Waals surface area contributed by atoms with Crippen molar-refractivity contribution in [3.8, 4) is 0 Å². The van der Waals surface area contributed by atoms with Gasteiger partial charge in [0.1, 0.15) is 0 Å². The minimum atomic E-state index is -0.137. The zero-order valence-electron chi connectivity index (χ0n) is 11.0. The third kappa shape index (κ3) is 4.12. The summed E-state index contributed by atoms with van der Waals surface area (Å²) in [5.41, 5.74) is 5.82. The third-order valence-electron chi connectivity index (χ3n) is 3.37. The fourth-order valence-corrected chi connectivity index (χ4v) is 2.42. The number of hydrogen-bond acceptors (Lipinski definition) is 2. The van der Waals surface area contributed by atoms with Gasteiger partial charge in [0, 0.05) is 17.5 Å². The molecule has 0 saturated heterocycles. The second kappa shape index (κ2) is 5.17. The lowest BCUT2D eigenvalue weighted by Crippen LogP contribution is -2.46. The van der Waals surface area contributed by atoms with Gasteiger partial charge in [-0.2, -0.15) is 0 Å². The van der Waals surface area contributed by atoms with E-state index >= 15 is 0 Å². The summed E-state index contributed by atoms with van der Waals surface area (Å²) >= 11 is 0. The summed E-state index contributed by atoms with van der Waals surface area (Å²) in [6, 6.07) is 0.295. The van der Waals surface area contributed by atoms with E-state index in [1.54, 1.807) is 0 Å². The largest absolute Gasteiger partial charge is 0.351 e. The first-order valence-corrected chi connectivity index (χ1v) is 6.37. The van der Waals surface area contributed by atoms with Gasteiger partial charge in [-0.3, -0.25) is 4.79 Å². The first-order chi connectivity index (χ1) is 7.29. The highest BCUT2D eigenvalue weighted by molar-refractivity contribution is 5.79. The van der Waals surface area contributed by atoms with E-state index in [2.05, 4.69) is 5.32 Å². The number of nitrogens with two attached hydrogens (primary N) is 1. The van der Waals surface area contributed by atoms with E-state index in [0.29, 0.717) is 12.0 Å². The summed E-state index contributed by atoms with van der Waals surface area (Å²) in [5, 5.41) is 3.05. The maximum absolute atomic E-state index is 12.0. The Morgan fingerprint density at radius 2 is 2.00 bits per heavy atom. The van der Waals surface area contributed by atoms with Crippen LogP contribution in [0.2, 0.25) is 0 Å². The van der Waals surface area contributed by atoms with Crippen LogP contribution in [0.3, 0.4) is 0 Å². The Morgan fingerprint density at radius 1 is 1.38 bits per heavy atom. The highest BCUT2D eigenvalue weighted by Gasteiger charge is 2.29. The summed E-state index contributed by atoms with van der Waals surface area (Å²) in [5.74, 6) is 0.725. The minimum Gasteiger partial charge on any atom is -0.351 e. The first kappa shape index (κ1) is 13.5. The van der Waals surface area contributed by atoms with Gasteiger partial charge < -0.3 is 11.1 Å². The molecular formula is C13H26N2O. The van der Waals surface area contributed by atoms with Gasteiger partial charge in [0.2, 0.25) is 5.91 Å². The highest BCUT2D eigenvalue weighted by Crippen LogP contribution is 2.29. The van der Waals surface area contributed by atoms with Gasteiger partial charge in [0.15, 0.2) is 0 Å². The zero-order chi connectivity index (χ0) is 12.3. The standard InChI is InChI=1S/C13H26N2O/c1-9(12(16)15-13(2,3)4)10-6-5-7-11(14)8-10/h9-11H,5-8,14H2,1-4H3,(H,15,16). The Balaban J connectivity index is 2.49. The van der Waals surface area contributed by atoms with Crippen molar-refractivity contribution in [1.82, 2.24) is 5.32 Å². The molecule has 0 aromatic heterocycles. The maximum atomic E-state index is 12.0. The monoisotopic (exact) mass is 226 g/mol. The number of carbonyl (C=O) groups excluding carboxylic acids is 1. The number of amides is 1. The third-order valence-corrected chi connectivity index (χ3v) is 3.37. The van der Waals surface area contributed by atoms with Gasteiger partial charge >= 0.3 is 0 Å². The van der Waals surface area contributed by atoms with Gasteiger partial charge in [-0.1, -0.05) is 13.3 Å². The normalized spacial score (nSPS) is 28.6. The fourth-order valence-electron chi connectivity index (χ4n) is 2.42. The summed E-state index contributed by atoms with van der Waals surface area (Å²) in [6.45, 7) is 8.09. The average molecular weight is 226 g/mol. The van der Waals surface area contributed by atoms with E-state index in [1.807, 2.05) is 27.7 Å². The van der Waals surface area contributed by atoms with Crippen LogP contribution in [0.15, 0.2) is 0 Å². The Kier molecular flexibility index (Phi) is 4.36. The van der Waals surface area contributed by atoms with Crippen molar-refractivity contribution in [2.75, 3.05) is 0 Å². The molecule has 0 heterocycles. The summed E-state index contributed by atoms with van der Waals surface area (Å²) in [6.07, 6.45) is 4.42. The molecule has 94 valence electrons. The van der Waals surface area contributed by atoms with E-state index in [1.165, 1.54) is 6.42 Å². The summed E-state index contributed by atoms with van der Waals surface area (Å²) < 4.78 is 0. The maximum Gasteiger partial charge on any atom is 0.223 e. The Morgan fingerprint density at radius 3 is 2.50 bits per heavy atom. The van der Waals surface area contributed by atoms with Crippen molar-refractivity contribution in [1.29, 1.82) is 0 Å². The Hall–Kier alpha value is -0.570. The van der Waals surface area contributed by atoms with Crippen LogP contribution in [0.5, 0.6) is 0 Å². The molecule has 0 aliphatic heterocycles. The second-order valence-electron chi connectivity index (χ2n) is 6.21. The molecule has 0 aromatic rings. The Bertz CT molecular complexity index is 245. The number of rotatable bonds is 2. The molecule has 3 nitrogen and oxygen atoms in total. The van der Waals surface area contributed by atoms with E-state index in [-0.39, 0.29) is 17.4 Å². The van der Waals surface area contributed by atoms with Crippen LogP contribution in [-0.4, -0.2) is 17.5 Å². The zero-order valence-corrected chi connectivity index (χ0v) is 11.0. The van der Waals surface area contributed by atoms with Gasteiger partial charge in [0.25, 0.3) is 0 Å². The quantitative estimate of drug-likeness (QED) is 0.757. The molecular weight excluding hydrogens is 200 g/mol. The van der Waals surface area contributed by atoms with Crippen LogP contribution in [-0.2, 0) is 4.79 Å². The van der Waals surface area contributed by atoms with Gasteiger partial charge in [-0.15, -0.1) is 0 Å². The van der Waals surface area contributed by atoms with Crippen molar-refractivity contribution in [2.24, 2.45) is 17.6 Å². The molecule has 16 heavy (non-hydrogen) atoms. The molecule has 1 amide bonds. The van der Waals surface area contributed by atoms with Gasteiger partial charge in [-0.25, -0.2) is 0 Å². The van der Waals surface area contributed by atoms with Crippen molar-refractivity contribution in [2.45, 2.75) is 65.0 Å². The summed E-state index contributed by atoms with van der Waals surface area (Å²) in [4.78, 5) is 12.0. The van der Waals surface area contributed by atoms with E-state index in [4.69, 9.17) is 5.73 Å². The molecule has 3 unspecified atom stereocenters. The molecule has 3 N–H and O–H groups in total. The lowest BCUT2D eigenvalue weighted by molar-refractivity contribution is -0.128. The number of hydrogen-bond donors (Lipinski definition) is 2. The van der Waals surface area contributed by atoms with Crippen LogP contribution in [0, 0.1) is 11.8 Å². The van der Waals surface area contributed by atoms with Crippen molar-refractivity contribution >= 4 is 5.91 Å². The molecule has 1 aliphatic carbocycles. The van der Waals surface area contributed by atoms with Crippen LogP contribution < -0.4 is 11.1 Å². The molecule has 1 aliphatic rings. The molecule has 0 bridgehead atoms. The SMILES string of the molecule is CC(C(=O)NC(C)(C)C)C1CCCC(N)C1. The molecule has 0 spiro atoms. The lowest BCUT2D eigenvalue weighted by atomic mass is 9.78. The topological polar surface area (TPSA) is 55.1 Å². The van der Waals surface area contributed by atoms with Crippen LogP contribution in [0.4, 0.5) is 0 Å². The van der Waals surface area contributed by atoms with Crippen molar-refractivity contribution in [3.63, 3.8) is 0 Å². The first-order valence-electron chi connectivity index (χ1n) is 6.37. The molecule has 1 fully saturated rings.